The number of para-hydroxylation sites is 1. The second-order valence-electron chi connectivity index (χ2n) is 16.0. The van der Waals surface area contributed by atoms with Gasteiger partial charge in [-0.3, -0.25) is 0 Å². The molecule has 0 bridgehead atoms. The van der Waals surface area contributed by atoms with Gasteiger partial charge in [-0.25, -0.2) is 15.0 Å². The summed E-state index contributed by atoms with van der Waals surface area (Å²) in [5.41, 5.74) is 9.74. The molecule has 62 heavy (non-hydrogen) atoms. The van der Waals surface area contributed by atoms with Gasteiger partial charge in [0.1, 0.15) is 0 Å². The van der Waals surface area contributed by atoms with Crippen LogP contribution in [0.2, 0.25) is 0 Å². The second kappa shape index (κ2) is 13.6. The molecule has 0 spiro atoms. The fourth-order valence-corrected chi connectivity index (χ4v) is 9.69. The molecule has 0 N–H and O–H groups in total. The van der Waals surface area contributed by atoms with Crippen LogP contribution in [0.4, 0.5) is 0 Å². The van der Waals surface area contributed by atoms with Gasteiger partial charge < -0.3 is 9.13 Å². The molecule has 0 saturated carbocycles. The summed E-state index contributed by atoms with van der Waals surface area (Å²) in [5, 5.41) is 12.0. The van der Waals surface area contributed by atoms with E-state index >= 15 is 0 Å². The smallest absolute Gasteiger partial charge is 0.164 e. The molecule has 0 radical (unpaired) electrons. The highest BCUT2D eigenvalue weighted by Crippen LogP contribution is 2.43. The third-order valence-corrected chi connectivity index (χ3v) is 12.5. The Kier molecular flexibility index (Phi) is 7.54. The van der Waals surface area contributed by atoms with Crippen LogP contribution in [0.3, 0.4) is 0 Å². The van der Waals surface area contributed by atoms with Crippen LogP contribution in [0.25, 0.3) is 121 Å². The molecule has 0 saturated heterocycles. The molecule has 0 aliphatic carbocycles. The Hall–Kier alpha value is -8.41. The highest BCUT2D eigenvalue weighted by atomic mass is 15.0. The average Bonchev–Trinajstić information content (AvgIpc) is 3.85. The summed E-state index contributed by atoms with van der Waals surface area (Å²) in [5.74, 6) is 1.92. The fourth-order valence-electron chi connectivity index (χ4n) is 9.69. The molecule has 5 nitrogen and oxygen atoms in total. The lowest BCUT2D eigenvalue weighted by atomic mass is 10.0. The van der Waals surface area contributed by atoms with Crippen LogP contribution in [0.15, 0.2) is 212 Å². The van der Waals surface area contributed by atoms with Gasteiger partial charge in [-0.05, 0) is 57.9 Å². The van der Waals surface area contributed by atoms with Crippen LogP contribution in [0, 0.1) is 0 Å². The number of benzene rings is 10. The van der Waals surface area contributed by atoms with Crippen molar-refractivity contribution in [3.05, 3.63) is 212 Å². The van der Waals surface area contributed by atoms with Crippen molar-refractivity contribution in [3.63, 3.8) is 0 Å². The van der Waals surface area contributed by atoms with E-state index in [4.69, 9.17) is 15.0 Å². The molecule has 5 heteroatoms. The van der Waals surface area contributed by atoms with Crippen LogP contribution in [0.5, 0.6) is 0 Å². The number of hydrogen-bond donors (Lipinski definition) is 0. The molecule has 3 aromatic heterocycles. The first-order chi connectivity index (χ1) is 30.7. The quantitative estimate of drug-likeness (QED) is 0.174. The Morgan fingerprint density at radius 2 is 0.871 bits per heavy atom. The predicted molar refractivity (Wildman–Crippen MR) is 257 cm³/mol. The van der Waals surface area contributed by atoms with Crippen molar-refractivity contribution in [1.82, 2.24) is 24.1 Å². The summed E-state index contributed by atoms with van der Waals surface area (Å²) in [6.45, 7) is 0. The normalized spacial score (nSPS) is 11.9. The Bertz CT molecular complexity index is 3860. The molecule has 0 amide bonds. The molecule has 13 aromatic rings. The van der Waals surface area contributed by atoms with Crippen LogP contribution in [-0.4, -0.2) is 24.1 Å². The molecule has 0 aliphatic heterocycles. The first-order valence-electron chi connectivity index (χ1n) is 21.0. The van der Waals surface area contributed by atoms with Crippen molar-refractivity contribution in [1.29, 1.82) is 0 Å². The van der Waals surface area contributed by atoms with E-state index < -0.39 is 0 Å². The van der Waals surface area contributed by atoms with Gasteiger partial charge in [0.25, 0.3) is 0 Å². The van der Waals surface area contributed by atoms with Crippen molar-refractivity contribution in [2.24, 2.45) is 0 Å². The first kappa shape index (κ1) is 34.5. The highest BCUT2D eigenvalue weighted by Gasteiger charge is 2.22. The fraction of sp³-hybridized carbons (Fsp3) is 0. The lowest BCUT2D eigenvalue weighted by molar-refractivity contribution is 1.08. The molecule has 10 aromatic carbocycles. The van der Waals surface area contributed by atoms with Gasteiger partial charge in [0.15, 0.2) is 17.5 Å². The second-order valence-corrected chi connectivity index (χ2v) is 16.0. The number of nitrogens with zero attached hydrogens (tertiary/aromatic N) is 5. The Labute approximate surface area is 356 Å². The van der Waals surface area contributed by atoms with Crippen LogP contribution >= 0.6 is 0 Å². The topological polar surface area (TPSA) is 48.5 Å². The van der Waals surface area contributed by atoms with Gasteiger partial charge in [-0.15, -0.1) is 0 Å². The van der Waals surface area contributed by atoms with E-state index in [0.717, 1.165) is 55.4 Å². The monoisotopic (exact) mass is 789 g/mol. The largest absolute Gasteiger partial charge is 0.309 e. The number of aromatic nitrogens is 5. The van der Waals surface area contributed by atoms with Crippen molar-refractivity contribution < 1.29 is 0 Å². The van der Waals surface area contributed by atoms with E-state index in [2.05, 4.69) is 185 Å². The molecular formula is C57H35N5. The SMILES string of the molecule is c1ccc(-c2nc(-c3ccccc3)nc(-c3cccc4c(-n5c6ccccc6c6cc7c8ccc9ccccc9c8n(-c8ccc9ccccc9c8)c7cc65)cccc34)n2)cc1. The van der Waals surface area contributed by atoms with E-state index in [-0.39, 0.29) is 0 Å². The lowest BCUT2D eigenvalue weighted by Gasteiger charge is -2.15. The van der Waals surface area contributed by atoms with E-state index in [1.54, 1.807) is 0 Å². The minimum absolute atomic E-state index is 0.636. The van der Waals surface area contributed by atoms with Gasteiger partial charge in [-0.2, -0.15) is 0 Å². The summed E-state index contributed by atoms with van der Waals surface area (Å²) in [4.78, 5) is 15.3. The van der Waals surface area contributed by atoms with Crippen LogP contribution in [0.1, 0.15) is 0 Å². The molecule has 0 aliphatic rings. The van der Waals surface area contributed by atoms with E-state index in [0.29, 0.717) is 17.5 Å². The minimum Gasteiger partial charge on any atom is -0.309 e. The molecule has 3 heterocycles. The molecular weight excluding hydrogens is 755 g/mol. The van der Waals surface area contributed by atoms with E-state index in [1.807, 2.05) is 36.4 Å². The average molecular weight is 790 g/mol. The maximum Gasteiger partial charge on any atom is 0.164 e. The van der Waals surface area contributed by atoms with Gasteiger partial charge in [-0.1, -0.05) is 176 Å². The van der Waals surface area contributed by atoms with Crippen molar-refractivity contribution in [3.8, 4) is 45.5 Å². The van der Waals surface area contributed by atoms with Crippen LogP contribution in [-0.2, 0) is 0 Å². The zero-order valence-corrected chi connectivity index (χ0v) is 33.4. The predicted octanol–water partition coefficient (Wildman–Crippen LogP) is 14.5. The number of fused-ring (bicyclic) bond motifs is 10. The third kappa shape index (κ3) is 5.25. The van der Waals surface area contributed by atoms with Crippen LogP contribution < -0.4 is 0 Å². The van der Waals surface area contributed by atoms with Gasteiger partial charge >= 0.3 is 0 Å². The zero-order valence-electron chi connectivity index (χ0n) is 33.4. The van der Waals surface area contributed by atoms with Crippen molar-refractivity contribution >= 4 is 75.9 Å². The molecule has 288 valence electrons. The maximum atomic E-state index is 5.14. The van der Waals surface area contributed by atoms with Crippen molar-refractivity contribution in [2.45, 2.75) is 0 Å². The third-order valence-electron chi connectivity index (χ3n) is 12.5. The van der Waals surface area contributed by atoms with Gasteiger partial charge in [0.05, 0.1) is 27.8 Å². The number of hydrogen-bond acceptors (Lipinski definition) is 3. The Balaban J connectivity index is 1.09. The first-order valence-corrected chi connectivity index (χ1v) is 21.0. The highest BCUT2D eigenvalue weighted by molar-refractivity contribution is 6.23. The van der Waals surface area contributed by atoms with Gasteiger partial charge in [0, 0.05) is 54.7 Å². The molecule has 0 fully saturated rings. The Morgan fingerprint density at radius 3 is 1.66 bits per heavy atom. The maximum absolute atomic E-state index is 5.14. The van der Waals surface area contributed by atoms with E-state index in [1.165, 1.54) is 48.6 Å². The summed E-state index contributed by atoms with van der Waals surface area (Å²) in [6, 6.07) is 75.8. The molecule has 0 unspecified atom stereocenters. The number of rotatable bonds is 5. The summed E-state index contributed by atoms with van der Waals surface area (Å²) >= 11 is 0. The van der Waals surface area contributed by atoms with Gasteiger partial charge in [0.2, 0.25) is 0 Å². The summed E-state index contributed by atoms with van der Waals surface area (Å²) in [7, 11) is 0. The lowest BCUT2D eigenvalue weighted by Crippen LogP contribution is -2.01. The summed E-state index contributed by atoms with van der Waals surface area (Å²) < 4.78 is 4.94. The standard InChI is InChI=1S/C57H35N5/c1-3-17-38(18-4-1)55-58-56(39-19-5-2-6-20-39)60-57(59-55)47-26-13-25-44-43(47)24-14-28-51(44)62-50-27-12-11-23-45(50)48-34-49-46-32-30-37-16-9-10-22-42(37)54(46)61(52(49)35-53(48)62)41-31-29-36-15-7-8-21-40(36)33-41/h1-35H. The molecule has 13 rings (SSSR count). The van der Waals surface area contributed by atoms with Crippen molar-refractivity contribution in [2.75, 3.05) is 0 Å². The Morgan fingerprint density at radius 1 is 0.290 bits per heavy atom. The molecule has 0 atom stereocenters. The summed E-state index contributed by atoms with van der Waals surface area (Å²) in [6.07, 6.45) is 0. The van der Waals surface area contributed by atoms with E-state index in [9.17, 15) is 0 Å². The zero-order chi connectivity index (χ0) is 40.7. The minimum atomic E-state index is 0.636.